The van der Waals surface area contributed by atoms with Crippen molar-refractivity contribution in [2.45, 2.75) is 25.6 Å². The van der Waals surface area contributed by atoms with Crippen LogP contribution in [0.3, 0.4) is 0 Å². The zero-order valence-electron chi connectivity index (χ0n) is 17.4. The second-order valence-electron chi connectivity index (χ2n) is 7.68. The predicted octanol–water partition coefficient (Wildman–Crippen LogP) is 4.09. The molecular weight excluding hydrogens is 390 g/mol. The topological polar surface area (TPSA) is 43.7 Å². The lowest BCUT2D eigenvalue weighted by atomic mass is 9.93. The van der Waals surface area contributed by atoms with Crippen LogP contribution in [0.15, 0.2) is 41.2 Å². The fraction of sp³-hybridized carbons (Fsp3) is 0.348. The Labute approximate surface area is 173 Å². The molecule has 0 saturated carbocycles. The summed E-state index contributed by atoms with van der Waals surface area (Å²) in [5.74, 6) is -1.21. The van der Waals surface area contributed by atoms with Crippen LogP contribution in [0.4, 0.5) is 8.78 Å². The average Bonchev–Trinajstić information content (AvgIpc) is 2.77. The molecule has 1 aromatic heterocycles. The second-order valence-corrected chi connectivity index (χ2v) is 7.68. The van der Waals surface area contributed by atoms with E-state index in [0.29, 0.717) is 17.7 Å². The maximum absolute atomic E-state index is 14.1. The summed E-state index contributed by atoms with van der Waals surface area (Å²) in [6, 6.07) is 9.71. The van der Waals surface area contributed by atoms with E-state index in [1.807, 2.05) is 31.3 Å². The van der Waals surface area contributed by atoms with Gasteiger partial charge in [0.15, 0.2) is 11.6 Å². The number of hydrogen-bond donors (Lipinski definition) is 0. The van der Waals surface area contributed by atoms with E-state index in [2.05, 4.69) is 11.8 Å². The van der Waals surface area contributed by atoms with E-state index in [0.717, 1.165) is 29.0 Å². The number of fused-ring (bicyclic) bond motifs is 3. The SMILES string of the molecule is COc1ccc(C(C)N(C)C2COCc3c2c2cc(F)c(F)cc2c(=O)n3C)cc1. The molecule has 0 saturated heterocycles. The van der Waals surface area contributed by atoms with E-state index in [9.17, 15) is 13.6 Å². The molecule has 0 bridgehead atoms. The van der Waals surface area contributed by atoms with Crippen molar-refractivity contribution in [3.05, 3.63) is 75.2 Å². The van der Waals surface area contributed by atoms with Gasteiger partial charge in [-0.05, 0) is 49.2 Å². The largest absolute Gasteiger partial charge is 0.497 e. The monoisotopic (exact) mass is 414 g/mol. The van der Waals surface area contributed by atoms with E-state index in [4.69, 9.17) is 9.47 Å². The Morgan fingerprint density at radius 3 is 2.43 bits per heavy atom. The van der Waals surface area contributed by atoms with E-state index >= 15 is 0 Å². The highest BCUT2D eigenvalue weighted by molar-refractivity contribution is 5.86. The number of hydrogen-bond acceptors (Lipinski definition) is 4. The second kappa shape index (κ2) is 7.81. The van der Waals surface area contributed by atoms with Crippen LogP contribution in [0.5, 0.6) is 5.75 Å². The fourth-order valence-electron chi connectivity index (χ4n) is 4.19. The Morgan fingerprint density at radius 2 is 1.80 bits per heavy atom. The molecule has 4 rings (SSSR count). The molecule has 2 atom stereocenters. The van der Waals surface area contributed by atoms with Crippen molar-refractivity contribution in [2.24, 2.45) is 7.05 Å². The van der Waals surface area contributed by atoms with Crippen LogP contribution in [0.1, 0.15) is 35.8 Å². The maximum atomic E-state index is 14.1. The fourth-order valence-corrected chi connectivity index (χ4v) is 4.19. The summed E-state index contributed by atoms with van der Waals surface area (Å²) in [5.41, 5.74) is 2.21. The molecule has 2 unspecified atom stereocenters. The van der Waals surface area contributed by atoms with Gasteiger partial charge < -0.3 is 14.0 Å². The Morgan fingerprint density at radius 1 is 1.17 bits per heavy atom. The van der Waals surface area contributed by atoms with Crippen LogP contribution in [-0.4, -0.2) is 30.2 Å². The third kappa shape index (κ3) is 3.28. The summed E-state index contributed by atoms with van der Waals surface area (Å²) in [6.07, 6.45) is 0. The molecule has 2 aromatic carbocycles. The van der Waals surface area contributed by atoms with Crippen molar-refractivity contribution in [3.8, 4) is 5.75 Å². The number of halogens is 2. The van der Waals surface area contributed by atoms with Gasteiger partial charge in [-0.3, -0.25) is 9.69 Å². The standard InChI is InChI=1S/C23H24F2N2O3/c1-13(14-5-7-15(29-4)8-6-14)26(2)20-11-30-12-21-22(20)16-9-18(24)19(25)10-17(16)23(28)27(21)3/h5-10,13,20H,11-12H2,1-4H3. The predicted molar refractivity (Wildman–Crippen MR) is 111 cm³/mol. The quantitative estimate of drug-likeness (QED) is 0.645. The molecule has 0 aliphatic carbocycles. The molecule has 5 nitrogen and oxygen atoms in total. The molecule has 0 amide bonds. The zero-order chi connectivity index (χ0) is 21.6. The molecule has 0 fully saturated rings. The third-order valence-electron chi connectivity index (χ3n) is 6.15. The summed E-state index contributed by atoms with van der Waals surface area (Å²) in [7, 11) is 5.23. The summed E-state index contributed by atoms with van der Waals surface area (Å²) in [5, 5.41) is 0.613. The lowest BCUT2D eigenvalue weighted by Crippen LogP contribution is -2.37. The first-order chi connectivity index (χ1) is 14.3. The van der Waals surface area contributed by atoms with Crippen LogP contribution in [0.25, 0.3) is 10.8 Å². The van der Waals surface area contributed by atoms with Crippen LogP contribution in [0, 0.1) is 11.6 Å². The van der Waals surface area contributed by atoms with Gasteiger partial charge in [0.2, 0.25) is 0 Å². The minimum Gasteiger partial charge on any atom is -0.497 e. The first-order valence-corrected chi connectivity index (χ1v) is 9.77. The van der Waals surface area contributed by atoms with Crippen LogP contribution < -0.4 is 10.3 Å². The van der Waals surface area contributed by atoms with Gasteiger partial charge in [-0.1, -0.05) is 12.1 Å². The Bertz CT molecular complexity index is 1160. The van der Waals surface area contributed by atoms with Crippen LogP contribution in [0.2, 0.25) is 0 Å². The van der Waals surface area contributed by atoms with Crippen molar-refractivity contribution in [2.75, 3.05) is 20.8 Å². The number of nitrogens with zero attached hydrogens (tertiary/aromatic N) is 2. The normalized spacial score (nSPS) is 17.2. The summed E-state index contributed by atoms with van der Waals surface area (Å²) in [4.78, 5) is 14.9. The van der Waals surface area contributed by atoms with Gasteiger partial charge in [0.1, 0.15) is 5.75 Å². The summed E-state index contributed by atoms with van der Waals surface area (Å²) >= 11 is 0. The van der Waals surface area contributed by atoms with Crippen LogP contribution >= 0.6 is 0 Å². The molecule has 7 heteroatoms. The molecule has 0 spiro atoms. The molecular formula is C23H24F2N2O3. The highest BCUT2D eigenvalue weighted by atomic mass is 19.2. The van der Waals surface area contributed by atoms with Gasteiger partial charge in [0, 0.05) is 18.7 Å². The van der Waals surface area contributed by atoms with Gasteiger partial charge in [0.25, 0.3) is 5.56 Å². The van der Waals surface area contributed by atoms with Gasteiger partial charge in [-0.2, -0.15) is 0 Å². The number of ether oxygens (including phenoxy) is 2. The highest BCUT2D eigenvalue weighted by Crippen LogP contribution is 2.38. The first-order valence-electron chi connectivity index (χ1n) is 9.77. The number of likely N-dealkylation sites (N-methyl/N-ethyl adjacent to an activating group) is 1. The smallest absolute Gasteiger partial charge is 0.258 e. The van der Waals surface area contributed by atoms with Crippen LogP contribution in [-0.2, 0) is 18.4 Å². The van der Waals surface area contributed by atoms with Crippen molar-refractivity contribution < 1.29 is 18.3 Å². The average molecular weight is 414 g/mol. The molecule has 0 radical (unpaired) electrons. The van der Waals surface area contributed by atoms with E-state index < -0.39 is 11.6 Å². The number of benzene rings is 2. The summed E-state index contributed by atoms with van der Waals surface area (Å²) in [6.45, 7) is 2.70. The number of aromatic nitrogens is 1. The van der Waals surface area contributed by atoms with Gasteiger partial charge in [-0.25, -0.2) is 8.78 Å². The van der Waals surface area contributed by atoms with Gasteiger partial charge >= 0.3 is 0 Å². The van der Waals surface area contributed by atoms with E-state index in [1.165, 1.54) is 4.57 Å². The van der Waals surface area contributed by atoms with Crippen molar-refractivity contribution in [1.82, 2.24) is 9.47 Å². The molecule has 1 aliphatic rings. The molecule has 2 heterocycles. The molecule has 0 N–H and O–H groups in total. The molecule has 30 heavy (non-hydrogen) atoms. The van der Waals surface area contributed by atoms with Crippen molar-refractivity contribution in [1.29, 1.82) is 0 Å². The number of pyridine rings is 1. The lowest BCUT2D eigenvalue weighted by molar-refractivity contribution is 0.0253. The van der Waals surface area contributed by atoms with Gasteiger partial charge in [-0.15, -0.1) is 0 Å². The van der Waals surface area contributed by atoms with E-state index in [-0.39, 0.29) is 29.6 Å². The lowest BCUT2D eigenvalue weighted by Gasteiger charge is -2.38. The first kappa shape index (κ1) is 20.5. The van der Waals surface area contributed by atoms with E-state index in [1.54, 1.807) is 14.2 Å². The Balaban J connectivity index is 1.84. The Hall–Kier alpha value is -2.77. The minimum atomic E-state index is -1.02. The molecule has 158 valence electrons. The third-order valence-corrected chi connectivity index (χ3v) is 6.15. The Kier molecular flexibility index (Phi) is 5.34. The highest BCUT2D eigenvalue weighted by Gasteiger charge is 2.32. The number of methoxy groups -OCH3 is 1. The zero-order valence-corrected chi connectivity index (χ0v) is 17.4. The van der Waals surface area contributed by atoms with Gasteiger partial charge in [0.05, 0.1) is 37.4 Å². The minimum absolute atomic E-state index is 0.00744. The van der Waals surface area contributed by atoms with Crippen molar-refractivity contribution in [3.63, 3.8) is 0 Å². The molecule has 1 aliphatic heterocycles. The molecule has 3 aromatic rings. The van der Waals surface area contributed by atoms with Crippen molar-refractivity contribution >= 4 is 10.8 Å². The maximum Gasteiger partial charge on any atom is 0.258 e. The summed E-state index contributed by atoms with van der Waals surface area (Å²) < 4.78 is 40.5. The number of rotatable bonds is 4.